The topological polar surface area (TPSA) is 44.8 Å². The van der Waals surface area contributed by atoms with Gasteiger partial charge in [-0.1, -0.05) is 102 Å². The summed E-state index contributed by atoms with van der Waals surface area (Å²) >= 11 is 0. The number of hydrogen-bond acceptors (Lipinski definition) is 4. The highest BCUT2D eigenvalue weighted by molar-refractivity contribution is 6.99. The summed E-state index contributed by atoms with van der Waals surface area (Å²) in [5.74, 6) is -0.214. The van der Waals surface area contributed by atoms with Crippen LogP contribution in [0.25, 0.3) is 0 Å². The summed E-state index contributed by atoms with van der Waals surface area (Å²) in [5.41, 5.74) is -0.570. The molecule has 206 valence electrons. The molecule has 2 rings (SSSR count). The first-order valence-electron chi connectivity index (χ1n) is 13.5. The van der Waals surface area contributed by atoms with Gasteiger partial charge < -0.3 is 13.6 Å². The van der Waals surface area contributed by atoms with Gasteiger partial charge in [0.15, 0.2) is 8.32 Å². The second-order valence-electron chi connectivity index (χ2n) is 13.6. The Morgan fingerprint density at radius 3 is 1.59 bits per heavy atom. The standard InChI is InChI=1S/C31H50O4Si2/c1-29(2,3)28(32)33-24-25(22-23-34-36(10,11)30(4,5)6)35-37(31(7,8)9,26-18-14-12-15-19-26)27-20-16-13-17-21-27/h12-21,25H,22-24H2,1-11H3/t25-/m1/s1. The monoisotopic (exact) mass is 542 g/mol. The van der Waals surface area contributed by atoms with Gasteiger partial charge in [0.1, 0.15) is 6.61 Å². The van der Waals surface area contributed by atoms with Crippen molar-refractivity contribution in [3.05, 3.63) is 60.7 Å². The van der Waals surface area contributed by atoms with Crippen molar-refractivity contribution >= 4 is 33.0 Å². The van der Waals surface area contributed by atoms with Gasteiger partial charge >= 0.3 is 5.97 Å². The molecule has 0 aromatic heterocycles. The molecule has 2 aromatic rings. The minimum absolute atomic E-state index is 0.125. The first kappa shape index (κ1) is 31.5. The highest BCUT2D eigenvalue weighted by atomic mass is 28.4. The van der Waals surface area contributed by atoms with E-state index >= 15 is 0 Å². The molecule has 0 unspecified atom stereocenters. The van der Waals surface area contributed by atoms with Crippen LogP contribution < -0.4 is 10.4 Å². The van der Waals surface area contributed by atoms with E-state index in [-0.39, 0.29) is 28.8 Å². The van der Waals surface area contributed by atoms with Gasteiger partial charge in [-0.2, -0.15) is 0 Å². The van der Waals surface area contributed by atoms with E-state index in [0.29, 0.717) is 13.0 Å². The average Bonchev–Trinajstić information content (AvgIpc) is 2.79. The fraction of sp³-hybridized carbons (Fsp3) is 0.581. The molecule has 0 bridgehead atoms. The molecule has 37 heavy (non-hydrogen) atoms. The molecule has 6 heteroatoms. The number of benzene rings is 2. The molecule has 1 atom stereocenters. The summed E-state index contributed by atoms with van der Waals surface area (Å²) in [5, 5.41) is 2.39. The molecule has 0 N–H and O–H groups in total. The first-order valence-corrected chi connectivity index (χ1v) is 18.3. The summed E-state index contributed by atoms with van der Waals surface area (Å²) in [6.45, 7) is 24.5. The second-order valence-corrected chi connectivity index (χ2v) is 22.7. The Kier molecular flexibility index (Phi) is 10.2. The Balaban J connectivity index is 2.50. The van der Waals surface area contributed by atoms with E-state index in [2.05, 4.69) is 103 Å². The Hall–Kier alpha value is -1.74. The first-order chi connectivity index (χ1) is 16.9. The van der Waals surface area contributed by atoms with E-state index in [0.717, 1.165) is 0 Å². The minimum atomic E-state index is -2.80. The Morgan fingerprint density at radius 2 is 1.22 bits per heavy atom. The third-order valence-corrected chi connectivity index (χ3v) is 17.1. The highest BCUT2D eigenvalue weighted by Crippen LogP contribution is 2.39. The number of rotatable bonds is 10. The molecule has 0 fully saturated rings. The van der Waals surface area contributed by atoms with Gasteiger partial charge in [-0.3, -0.25) is 4.79 Å². The lowest BCUT2D eigenvalue weighted by Crippen LogP contribution is -2.68. The van der Waals surface area contributed by atoms with Gasteiger partial charge in [-0.15, -0.1) is 0 Å². The van der Waals surface area contributed by atoms with E-state index in [4.69, 9.17) is 13.6 Å². The molecule has 0 aliphatic carbocycles. The van der Waals surface area contributed by atoms with Crippen molar-refractivity contribution in [3.8, 4) is 0 Å². The molecule has 0 aliphatic heterocycles. The van der Waals surface area contributed by atoms with Crippen LogP contribution in [-0.4, -0.2) is 41.9 Å². The largest absolute Gasteiger partial charge is 0.463 e. The summed E-state index contributed by atoms with van der Waals surface area (Å²) in [6, 6.07) is 21.2. The fourth-order valence-corrected chi connectivity index (χ4v) is 9.93. The van der Waals surface area contributed by atoms with E-state index in [1.165, 1.54) is 10.4 Å². The zero-order valence-corrected chi connectivity index (χ0v) is 27.1. The van der Waals surface area contributed by atoms with E-state index in [1.807, 2.05) is 32.9 Å². The van der Waals surface area contributed by atoms with Crippen molar-refractivity contribution < 1.29 is 18.4 Å². The minimum Gasteiger partial charge on any atom is -0.463 e. The van der Waals surface area contributed by atoms with Crippen molar-refractivity contribution in [3.63, 3.8) is 0 Å². The van der Waals surface area contributed by atoms with Crippen LogP contribution in [0.4, 0.5) is 0 Å². The van der Waals surface area contributed by atoms with E-state index in [1.54, 1.807) is 0 Å². The molecular formula is C31H50O4Si2. The Bertz CT molecular complexity index is 944. The lowest BCUT2D eigenvalue weighted by molar-refractivity contribution is -0.155. The molecule has 4 nitrogen and oxygen atoms in total. The van der Waals surface area contributed by atoms with E-state index < -0.39 is 22.0 Å². The predicted octanol–water partition coefficient (Wildman–Crippen LogP) is 6.93. The normalized spacial score (nSPS) is 14.4. The van der Waals surface area contributed by atoms with Gasteiger partial charge in [0, 0.05) is 6.61 Å². The van der Waals surface area contributed by atoms with Crippen molar-refractivity contribution in [1.82, 2.24) is 0 Å². The fourth-order valence-electron chi connectivity index (χ4n) is 4.16. The van der Waals surface area contributed by atoms with Crippen LogP contribution in [0.5, 0.6) is 0 Å². The number of carbonyl (C=O) groups excluding carboxylic acids is 1. The number of ether oxygens (including phenoxy) is 1. The van der Waals surface area contributed by atoms with E-state index in [9.17, 15) is 4.79 Å². The average molecular weight is 543 g/mol. The molecule has 0 spiro atoms. The van der Waals surface area contributed by atoms with Crippen molar-refractivity contribution in [1.29, 1.82) is 0 Å². The maximum Gasteiger partial charge on any atom is 0.311 e. The van der Waals surface area contributed by atoms with Crippen molar-refractivity contribution in [2.24, 2.45) is 5.41 Å². The quantitative estimate of drug-likeness (QED) is 0.241. The highest BCUT2D eigenvalue weighted by Gasteiger charge is 2.51. The smallest absolute Gasteiger partial charge is 0.311 e. The number of esters is 1. The van der Waals surface area contributed by atoms with Crippen LogP contribution in [0.2, 0.25) is 23.2 Å². The summed E-state index contributed by atoms with van der Waals surface area (Å²) in [4.78, 5) is 12.7. The van der Waals surface area contributed by atoms with Gasteiger partial charge in [0.25, 0.3) is 8.32 Å². The molecule has 0 amide bonds. The second kappa shape index (κ2) is 12.0. The maximum atomic E-state index is 12.7. The molecule has 0 radical (unpaired) electrons. The molecule has 0 heterocycles. The lowest BCUT2D eigenvalue weighted by Gasteiger charge is -2.45. The van der Waals surface area contributed by atoms with Crippen LogP contribution in [0.3, 0.4) is 0 Å². The summed E-state index contributed by atoms with van der Waals surface area (Å²) < 4.78 is 19.7. The Labute approximate surface area is 228 Å². The van der Waals surface area contributed by atoms with Crippen LogP contribution in [0.15, 0.2) is 60.7 Å². The van der Waals surface area contributed by atoms with Gasteiger partial charge in [-0.05, 0) is 60.7 Å². The zero-order chi connectivity index (χ0) is 28.1. The third-order valence-electron chi connectivity index (χ3n) is 7.48. The van der Waals surface area contributed by atoms with Crippen LogP contribution >= 0.6 is 0 Å². The molecular weight excluding hydrogens is 493 g/mol. The van der Waals surface area contributed by atoms with Gasteiger partial charge in [0.05, 0.1) is 11.5 Å². The zero-order valence-electron chi connectivity index (χ0n) is 25.1. The maximum absolute atomic E-state index is 12.7. The van der Waals surface area contributed by atoms with Crippen molar-refractivity contribution in [2.75, 3.05) is 13.2 Å². The number of hydrogen-bond donors (Lipinski definition) is 0. The SMILES string of the molecule is CC(C)(C)C(=O)OC[C@@H](CCO[Si](C)(C)C(C)(C)C)O[Si](c1ccccc1)(c1ccccc1)C(C)(C)C. The van der Waals surface area contributed by atoms with Crippen LogP contribution in [0, 0.1) is 5.41 Å². The number of carbonyl (C=O) groups is 1. The summed E-state index contributed by atoms with van der Waals surface area (Å²) in [6.07, 6.45) is 0.372. The predicted molar refractivity (Wildman–Crippen MR) is 161 cm³/mol. The van der Waals surface area contributed by atoms with Crippen LogP contribution in [-0.2, 0) is 18.4 Å². The Morgan fingerprint density at radius 1 is 0.757 bits per heavy atom. The van der Waals surface area contributed by atoms with Crippen LogP contribution in [0.1, 0.15) is 68.7 Å². The summed E-state index contributed by atoms with van der Waals surface area (Å²) in [7, 11) is -4.72. The molecule has 0 aliphatic rings. The van der Waals surface area contributed by atoms with Gasteiger partial charge in [0.2, 0.25) is 0 Å². The molecule has 0 saturated carbocycles. The third kappa shape index (κ3) is 7.88. The molecule has 0 saturated heterocycles. The van der Waals surface area contributed by atoms with Crippen molar-refractivity contribution in [2.45, 2.75) is 98.0 Å². The molecule has 2 aromatic carbocycles. The van der Waals surface area contributed by atoms with Gasteiger partial charge in [-0.25, -0.2) is 0 Å². The lowest BCUT2D eigenvalue weighted by atomic mass is 9.97.